The predicted molar refractivity (Wildman–Crippen MR) is 77.2 cm³/mol. The zero-order valence-electron chi connectivity index (χ0n) is 12.1. The number of hydrogen-bond donors (Lipinski definition) is 0. The van der Waals surface area contributed by atoms with Crippen molar-refractivity contribution in [2.45, 2.75) is 33.6 Å². The minimum absolute atomic E-state index is 0.208. The van der Waals surface area contributed by atoms with Gasteiger partial charge in [0.2, 0.25) is 5.91 Å². The van der Waals surface area contributed by atoms with E-state index >= 15 is 0 Å². The number of carbonyl (C=O) groups is 1. The van der Waals surface area contributed by atoms with Gasteiger partial charge in [-0.3, -0.25) is 4.79 Å². The summed E-state index contributed by atoms with van der Waals surface area (Å²) in [4.78, 5) is 13.8. The summed E-state index contributed by atoms with van der Waals surface area (Å²) in [5.41, 5.74) is 2.65. The molecule has 2 unspecified atom stereocenters. The lowest BCUT2D eigenvalue weighted by molar-refractivity contribution is -0.130. The van der Waals surface area contributed by atoms with E-state index in [0.717, 1.165) is 19.4 Å². The molecule has 0 aromatic carbocycles. The van der Waals surface area contributed by atoms with Crippen LogP contribution < -0.4 is 0 Å². The standard InChI is InChI=1S/C14H19NO.C2H6/c1-4-6-11-10(5-2)7-8-12-13(11)9-15(3)14(12)16;1-2/h4-6,12-13H,2,7-9H2,1,3H3;1-2H3/b6-4-;. The molecule has 1 fully saturated rings. The van der Waals surface area contributed by atoms with Gasteiger partial charge in [0.15, 0.2) is 0 Å². The molecule has 0 radical (unpaired) electrons. The van der Waals surface area contributed by atoms with Crippen LogP contribution in [0, 0.1) is 11.8 Å². The van der Waals surface area contributed by atoms with Gasteiger partial charge < -0.3 is 4.90 Å². The average Bonchev–Trinajstić information content (AvgIpc) is 2.69. The van der Waals surface area contributed by atoms with Crippen LogP contribution in [0.4, 0.5) is 0 Å². The van der Waals surface area contributed by atoms with Gasteiger partial charge in [0.25, 0.3) is 0 Å². The number of allylic oxidation sites excluding steroid dienone is 4. The monoisotopic (exact) mass is 247 g/mol. The zero-order chi connectivity index (χ0) is 13.7. The number of likely N-dealkylation sites (tertiary alicyclic amines) is 1. The fourth-order valence-corrected chi connectivity index (χ4v) is 2.93. The molecule has 1 amide bonds. The number of fused-ring (bicyclic) bond motifs is 1. The molecule has 2 rings (SSSR count). The third kappa shape index (κ3) is 2.58. The summed E-state index contributed by atoms with van der Waals surface area (Å²) in [6, 6.07) is 0. The SMILES string of the molecule is C=CC1=C(/C=C\C)C2CN(C)C(=O)C2CC1.CC. The van der Waals surface area contributed by atoms with Crippen LogP contribution >= 0.6 is 0 Å². The van der Waals surface area contributed by atoms with E-state index in [2.05, 4.69) is 18.7 Å². The summed E-state index contributed by atoms with van der Waals surface area (Å²) in [5.74, 6) is 0.908. The van der Waals surface area contributed by atoms with Gasteiger partial charge in [-0.05, 0) is 30.9 Å². The summed E-state index contributed by atoms with van der Waals surface area (Å²) < 4.78 is 0. The molecule has 0 bridgehead atoms. The van der Waals surface area contributed by atoms with E-state index < -0.39 is 0 Å². The molecule has 0 aromatic heterocycles. The summed E-state index contributed by atoms with van der Waals surface area (Å²) in [5, 5.41) is 0. The van der Waals surface area contributed by atoms with Gasteiger partial charge in [0.1, 0.15) is 0 Å². The molecular weight excluding hydrogens is 222 g/mol. The number of nitrogens with zero attached hydrogens (tertiary/aromatic N) is 1. The fraction of sp³-hybridized carbons (Fsp3) is 0.562. The molecule has 0 N–H and O–H groups in total. The van der Waals surface area contributed by atoms with Crippen LogP contribution in [0.25, 0.3) is 0 Å². The predicted octanol–water partition coefficient (Wildman–Crippen LogP) is 3.57. The first-order chi connectivity index (χ1) is 8.69. The van der Waals surface area contributed by atoms with Crippen LogP contribution in [0.15, 0.2) is 36.0 Å². The summed E-state index contributed by atoms with van der Waals surface area (Å²) in [6.07, 6.45) is 8.14. The van der Waals surface area contributed by atoms with Crippen LogP contribution in [0.5, 0.6) is 0 Å². The number of amides is 1. The Morgan fingerprint density at radius 3 is 2.56 bits per heavy atom. The van der Waals surface area contributed by atoms with E-state index in [0.29, 0.717) is 11.8 Å². The molecule has 0 aromatic rings. The van der Waals surface area contributed by atoms with Gasteiger partial charge >= 0.3 is 0 Å². The van der Waals surface area contributed by atoms with Gasteiger partial charge in [-0.1, -0.05) is 38.7 Å². The van der Waals surface area contributed by atoms with Crippen LogP contribution in [-0.2, 0) is 4.79 Å². The largest absolute Gasteiger partial charge is 0.345 e. The smallest absolute Gasteiger partial charge is 0.226 e. The lowest BCUT2D eigenvalue weighted by Crippen LogP contribution is -2.24. The van der Waals surface area contributed by atoms with Crippen LogP contribution in [0.2, 0.25) is 0 Å². The molecule has 100 valence electrons. The topological polar surface area (TPSA) is 20.3 Å². The van der Waals surface area contributed by atoms with Gasteiger partial charge in [0.05, 0.1) is 0 Å². The summed E-state index contributed by atoms with van der Waals surface area (Å²) in [7, 11) is 1.90. The third-order valence-electron chi connectivity index (χ3n) is 3.74. The number of carbonyl (C=O) groups excluding carboxylic acids is 1. The highest BCUT2D eigenvalue weighted by Crippen LogP contribution is 2.41. The third-order valence-corrected chi connectivity index (χ3v) is 3.74. The number of rotatable bonds is 2. The van der Waals surface area contributed by atoms with Crippen molar-refractivity contribution in [3.05, 3.63) is 36.0 Å². The Morgan fingerprint density at radius 1 is 1.33 bits per heavy atom. The first kappa shape index (κ1) is 14.7. The second kappa shape index (κ2) is 6.58. The quantitative estimate of drug-likeness (QED) is 0.730. The van der Waals surface area contributed by atoms with E-state index in [-0.39, 0.29) is 5.92 Å². The Morgan fingerprint density at radius 2 is 2.00 bits per heavy atom. The Labute approximate surface area is 111 Å². The first-order valence-electron chi connectivity index (χ1n) is 6.92. The number of hydrogen-bond acceptors (Lipinski definition) is 1. The molecule has 2 nitrogen and oxygen atoms in total. The Balaban J connectivity index is 0.000000771. The molecular formula is C16H25NO. The molecule has 0 saturated carbocycles. The lowest BCUT2D eigenvalue weighted by atomic mass is 9.76. The average molecular weight is 247 g/mol. The van der Waals surface area contributed by atoms with Crippen molar-refractivity contribution < 1.29 is 4.79 Å². The van der Waals surface area contributed by atoms with Gasteiger partial charge in [-0.15, -0.1) is 0 Å². The summed E-state index contributed by atoms with van der Waals surface area (Å²) >= 11 is 0. The summed E-state index contributed by atoms with van der Waals surface area (Å²) in [6.45, 7) is 10.8. The maximum Gasteiger partial charge on any atom is 0.226 e. The second-order valence-electron chi connectivity index (χ2n) is 4.66. The lowest BCUT2D eigenvalue weighted by Gasteiger charge is -2.26. The molecule has 0 spiro atoms. The van der Waals surface area contributed by atoms with E-state index in [9.17, 15) is 4.79 Å². The van der Waals surface area contributed by atoms with Crippen LogP contribution in [-0.4, -0.2) is 24.4 Å². The highest BCUT2D eigenvalue weighted by Gasteiger charge is 2.42. The van der Waals surface area contributed by atoms with Crippen molar-refractivity contribution in [3.8, 4) is 0 Å². The Hall–Kier alpha value is -1.31. The minimum Gasteiger partial charge on any atom is -0.345 e. The van der Waals surface area contributed by atoms with Crippen LogP contribution in [0.1, 0.15) is 33.6 Å². The van der Waals surface area contributed by atoms with Crippen molar-refractivity contribution in [1.29, 1.82) is 0 Å². The van der Waals surface area contributed by atoms with Gasteiger partial charge in [0, 0.05) is 25.4 Å². The highest BCUT2D eigenvalue weighted by atomic mass is 16.2. The van der Waals surface area contributed by atoms with Gasteiger partial charge in [-0.2, -0.15) is 0 Å². The normalized spacial score (nSPS) is 27.1. The Kier molecular flexibility index (Phi) is 5.39. The molecule has 2 heteroatoms. The molecule has 2 atom stereocenters. The van der Waals surface area contributed by atoms with Gasteiger partial charge in [-0.25, -0.2) is 0 Å². The molecule has 1 saturated heterocycles. The van der Waals surface area contributed by atoms with Crippen molar-refractivity contribution >= 4 is 5.91 Å². The van der Waals surface area contributed by atoms with Crippen molar-refractivity contribution in [2.24, 2.45) is 11.8 Å². The molecule has 18 heavy (non-hydrogen) atoms. The van der Waals surface area contributed by atoms with Crippen molar-refractivity contribution in [1.82, 2.24) is 4.90 Å². The van der Waals surface area contributed by atoms with E-state index in [1.54, 1.807) is 0 Å². The maximum atomic E-state index is 11.9. The molecule has 2 aliphatic rings. The Bertz CT molecular complexity index is 379. The van der Waals surface area contributed by atoms with Crippen molar-refractivity contribution in [3.63, 3.8) is 0 Å². The van der Waals surface area contributed by atoms with E-state index in [1.165, 1.54) is 11.1 Å². The second-order valence-corrected chi connectivity index (χ2v) is 4.66. The highest BCUT2D eigenvalue weighted by molar-refractivity contribution is 5.82. The fourth-order valence-electron chi connectivity index (χ4n) is 2.93. The first-order valence-corrected chi connectivity index (χ1v) is 6.92. The van der Waals surface area contributed by atoms with E-state index in [1.807, 2.05) is 38.8 Å². The maximum absolute atomic E-state index is 11.9. The van der Waals surface area contributed by atoms with Crippen LogP contribution in [0.3, 0.4) is 0 Å². The zero-order valence-corrected chi connectivity index (χ0v) is 12.1. The molecule has 1 aliphatic heterocycles. The molecule has 1 aliphatic carbocycles. The van der Waals surface area contributed by atoms with Crippen molar-refractivity contribution in [2.75, 3.05) is 13.6 Å². The van der Waals surface area contributed by atoms with E-state index in [4.69, 9.17) is 0 Å². The minimum atomic E-state index is 0.208. The molecule has 1 heterocycles.